The van der Waals surface area contributed by atoms with Crippen LogP contribution in [0.1, 0.15) is 21.8 Å². The number of nitrogens with zero attached hydrogens (tertiary/aromatic N) is 2. The molecule has 1 heterocycles. The number of carbonyl (C=O) groups excluding carboxylic acids is 1. The molecule has 0 saturated heterocycles. The molecule has 106 valence electrons. The first-order chi connectivity index (χ1) is 9.60. The average Bonchev–Trinajstić information content (AvgIpc) is 2.89. The maximum absolute atomic E-state index is 12.2. The zero-order chi connectivity index (χ0) is 14.5. The van der Waals surface area contributed by atoms with E-state index in [9.17, 15) is 4.79 Å². The molecule has 0 saturated carbocycles. The summed E-state index contributed by atoms with van der Waals surface area (Å²) < 4.78 is 10.9. The zero-order valence-corrected chi connectivity index (χ0v) is 12.9. The molecule has 1 amide bonds. The number of ether oxygens (including phenoxy) is 1. The highest BCUT2D eigenvalue weighted by Gasteiger charge is 2.17. The zero-order valence-electron chi connectivity index (χ0n) is 11.3. The van der Waals surface area contributed by atoms with Gasteiger partial charge in [-0.2, -0.15) is 0 Å². The minimum absolute atomic E-state index is 0.181. The van der Waals surface area contributed by atoms with E-state index in [0.29, 0.717) is 18.9 Å². The van der Waals surface area contributed by atoms with Crippen LogP contribution in [-0.4, -0.2) is 30.1 Å². The average molecular weight is 339 g/mol. The fourth-order valence-electron chi connectivity index (χ4n) is 1.76. The van der Waals surface area contributed by atoms with E-state index in [1.54, 1.807) is 25.1 Å². The summed E-state index contributed by atoms with van der Waals surface area (Å²) in [6.45, 7) is 0.815. The van der Waals surface area contributed by atoms with E-state index >= 15 is 0 Å². The number of aromatic nitrogens is 1. The van der Waals surface area contributed by atoms with Crippen molar-refractivity contribution < 1.29 is 14.1 Å². The molecule has 0 N–H and O–H groups in total. The van der Waals surface area contributed by atoms with Crippen LogP contribution in [0.25, 0.3) is 0 Å². The van der Waals surface area contributed by atoms with Crippen molar-refractivity contribution in [1.82, 2.24) is 10.1 Å². The highest BCUT2D eigenvalue weighted by atomic mass is 79.9. The molecule has 5 nitrogen and oxygen atoms in total. The Morgan fingerprint density at radius 2 is 2.10 bits per heavy atom. The van der Waals surface area contributed by atoms with Crippen LogP contribution in [0.3, 0.4) is 0 Å². The van der Waals surface area contributed by atoms with Crippen molar-refractivity contribution in [1.29, 1.82) is 0 Å². The molecule has 0 aliphatic carbocycles. The molecule has 1 aromatic carbocycles. The first-order valence-corrected chi connectivity index (χ1v) is 6.84. The third-order valence-corrected chi connectivity index (χ3v) is 3.27. The third kappa shape index (κ3) is 3.68. The standard InChI is InChI=1S/C14H15BrN2O3/c1-17(8-10-3-5-11(15)6-4-10)14(18)13-7-12(9-19-2)20-16-13/h3-7H,8-9H2,1-2H3. The number of hydrogen-bond donors (Lipinski definition) is 0. The molecule has 6 heteroatoms. The lowest BCUT2D eigenvalue weighted by Gasteiger charge is -2.15. The van der Waals surface area contributed by atoms with E-state index in [-0.39, 0.29) is 11.6 Å². The Labute approximate surface area is 125 Å². The smallest absolute Gasteiger partial charge is 0.276 e. The number of halogens is 1. The normalized spacial score (nSPS) is 10.6. The minimum Gasteiger partial charge on any atom is -0.377 e. The van der Waals surface area contributed by atoms with E-state index < -0.39 is 0 Å². The van der Waals surface area contributed by atoms with Gasteiger partial charge in [0.2, 0.25) is 0 Å². The second-order valence-corrected chi connectivity index (χ2v) is 5.31. The Balaban J connectivity index is 2.02. The van der Waals surface area contributed by atoms with Gasteiger partial charge in [-0.1, -0.05) is 33.2 Å². The molecule has 2 rings (SSSR count). The number of hydrogen-bond acceptors (Lipinski definition) is 4. The Morgan fingerprint density at radius 1 is 1.40 bits per heavy atom. The van der Waals surface area contributed by atoms with Crippen molar-refractivity contribution >= 4 is 21.8 Å². The van der Waals surface area contributed by atoms with Gasteiger partial charge in [-0.15, -0.1) is 0 Å². The minimum atomic E-state index is -0.181. The van der Waals surface area contributed by atoms with Crippen molar-refractivity contribution in [3.63, 3.8) is 0 Å². The molecule has 0 spiro atoms. The molecule has 0 atom stereocenters. The molecular formula is C14H15BrN2O3. The second-order valence-electron chi connectivity index (χ2n) is 4.40. The van der Waals surface area contributed by atoms with E-state index in [0.717, 1.165) is 10.0 Å². The number of carbonyl (C=O) groups is 1. The van der Waals surface area contributed by atoms with Gasteiger partial charge < -0.3 is 14.2 Å². The Kier molecular flexibility index (Phi) is 4.92. The molecule has 0 aliphatic rings. The summed E-state index contributed by atoms with van der Waals surface area (Å²) >= 11 is 3.38. The Hall–Kier alpha value is -1.66. The van der Waals surface area contributed by atoms with E-state index in [1.165, 1.54) is 0 Å². The lowest BCUT2D eigenvalue weighted by atomic mass is 10.2. The van der Waals surface area contributed by atoms with E-state index in [2.05, 4.69) is 21.1 Å². The van der Waals surface area contributed by atoms with Crippen LogP contribution in [0.15, 0.2) is 39.3 Å². The summed E-state index contributed by atoms with van der Waals surface area (Å²) in [6.07, 6.45) is 0. The van der Waals surface area contributed by atoms with Crippen molar-refractivity contribution in [2.75, 3.05) is 14.2 Å². The van der Waals surface area contributed by atoms with Gasteiger partial charge in [0.05, 0.1) is 0 Å². The largest absolute Gasteiger partial charge is 0.377 e. The predicted octanol–water partition coefficient (Wildman–Crippen LogP) is 2.86. The van der Waals surface area contributed by atoms with Gasteiger partial charge in [-0.3, -0.25) is 4.79 Å². The highest BCUT2D eigenvalue weighted by Crippen LogP contribution is 2.13. The molecule has 20 heavy (non-hydrogen) atoms. The number of benzene rings is 1. The van der Waals surface area contributed by atoms with Gasteiger partial charge in [-0.05, 0) is 17.7 Å². The van der Waals surface area contributed by atoms with Gasteiger partial charge >= 0.3 is 0 Å². The summed E-state index contributed by atoms with van der Waals surface area (Å²) in [6, 6.07) is 9.42. The van der Waals surface area contributed by atoms with Crippen LogP contribution >= 0.6 is 15.9 Å². The topological polar surface area (TPSA) is 55.6 Å². The summed E-state index contributed by atoms with van der Waals surface area (Å²) in [4.78, 5) is 13.8. The Morgan fingerprint density at radius 3 is 2.75 bits per heavy atom. The van der Waals surface area contributed by atoms with Gasteiger partial charge in [-0.25, -0.2) is 0 Å². The second kappa shape index (κ2) is 6.67. The fraction of sp³-hybridized carbons (Fsp3) is 0.286. The number of rotatable bonds is 5. The summed E-state index contributed by atoms with van der Waals surface area (Å²) in [5, 5.41) is 3.76. The molecular weight excluding hydrogens is 324 g/mol. The maximum atomic E-state index is 12.2. The van der Waals surface area contributed by atoms with Gasteiger partial charge in [0.1, 0.15) is 6.61 Å². The molecule has 0 radical (unpaired) electrons. The van der Waals surface area contributed by atoms with Crippen molar-refractivity contribution in [3.8, 4) is 0 Å². The first kappa shape index (κ1) is 14.7. The Bertz CT molecular complexity index is 580. The lowest BCUT2D eigenvalue weighted by molar-refractivity contribution is 0.0774. The quantitative estimate of drug-likeness (QED) is 0.841. The highest BCUT2D eigenvalue weighted by molar-refractivity contribution is 9.10. The molecule has 2 aromatic rings. The summed E-state index contributed by atoms with van der Waals surface area (Å²) in [7, 11) is 3.29. The number of amides is 1. The van der Waals surface area contributed by atoms with Gasteiger partial charge in [0, 0.05) is 31.2 Å². The maximum Gasteiger partial charge on any atom is 0.276 e. The van der Waals surface area contributed by atoms with E-state index in [4.69, 9.17) is 9.26 Å². The van der Waals surface area contributed by atoms with Crippen LogP contribution in [0.2, 0.25) is 0 Å². The summed E-state index contributed by atoms with van der Waals surface area (Å²) in [5.41, 5.74) is 1.33. The number of methoxy groups -OCH3 is 1. The molecule has 0 fully saturated rings. The first-order valence-electron chi connectivity index (χ1n) is 6.04. The summed E-state index contributed by atoms with van der Waals surface area (Å²) in [5.74, 6) is 0.354. The van der Waals surface area contributed by atoms with Gasteiger partial charge in [0.15, 0.2) is 11.5 Å². The van der Waals surface area contributed by atoms with Crippen molar-refractivity contribution in [2.24, 2.45) is 0 Å². The van der Waals surface area contributed by atoms with Crippen LogP contribution in [-0.2, 0) is 17.9 Å². The third-order valence-electron chi connectivity index (χ3n) is 2.74. The van der Waals surface area contributed by atoms with Crippen LogP contribution in [0, 0.1) is 0 Å². The molecule has 0 unspecified atom stereocenters. The monoisotopic (exact) mass is 338 g/mol. The fourth-order valence-corrected chi connectivity index (χ4v) is 2.02. The predicted molar refractivity (Wildman–Crippen MR) is 77.2 cm³/mol. The van der Waals surface area contributed by atoms with Crippen LogP contribution in [0.4, 0.5) is 0 Å². The van der Waals surface area contributed by atoms with E-state index in [1.807, 2.05) is 24.3 Å². The molecule has 0 bridgehead atoms. The van der Waals surface area contributed by atoms with Gasteiger partial charge in [0.25, 0.3) is 5.91 Å². The SMILES string of the molecule is COCc1cc(C(=O)N(C)Cc2ccc(Br)cc2)no1. The molecule has 0 aliphatic heterocycles. The van der Waals surface area contributed by atoms with Crippen molar-refractivity contribution in [2.45, 2.75) is 13.2 Å². The van der Waals surface area contributed by atoms with Crippen LogP contribution in [0.5, 0.6) is 0 Å². The van der Waals surface area contributed by atoms with Crippen molar-refractivity contribution in [3.05, 3.63) is 51.8 Å². The van der Waals surface area contributed by atoms with Crippen LogP contribution < -0.4 is 0 Å². The lowest BCUT2D eigenvalue weighted by Crippen LogP contribution is -2.26. The molecule has 1 aromatic heterocycles.